The highest BCUT2D eigenvalue weighted by Gasteiger charge is 2.35. The first-order chi connectivity index (χ1) is 7.98. The fourth-order valence-corrected chi connectivity index (χ4v) is 1.79. The Balaban J connectivity index is 2.91. The van der Waals surface area contributed by atoms with Crippen molar-refractivity contribution >= 4 is 11.9 Å². The van der Waals surface area contributed by atoms with Crippen LogP contribution >= 0.6 is 0 Å². The number of rotatable bonds is 4. The standard InChI is InChI=1S/C13H17NO3/c1-10(15)14-13(2,12(16)17-3)9-11-7-5-4-6-8-11/h4-8H,9H2,1-3H3,(H,14,15). The molecule has 17 heavy (non-hydrogen) atoms. The molecule has 0 aromatic heterocycles. The third-order valence-electron chi connectivity index (χ3n) is 2.49. The molecule has 1 unspecified atom stereocenters. The van der Waals surface area contributed by atoms with E-state index in [2.05, 4.69) is 5.32 Å². The van der Waals surface area contributed by atoms with Gasteiger partial charge in [-0.25, -0.2) is 4.79 Å². The molecule has 92 valence electrons. The number of ether oxygens (including phenoxy) is 1. The molecular formula is C13H17NO3. The molecule has 4 nitrogen and oxygen atoms in total. The van der Waals surface area contributed by atoms with Crippen molar-refractivity contribution in [3.8, 4) is 0 Å². The zero-order valence-electron chi connectivity index (χ0n) is 10.3. The first-order valence-electron chi connectivity index (χ1n) is 5.39. The van der Waals surface area contributed by atoms with Gasteiger partial charge in [0, 0.05) is 13.3 Å². The molecule has 0 aliphatic rings. The number of amides is 1. The minimum Gasteiger partial charge on any atom is -0.467 e. The fraction of sp³-hybridized carbons (Fsp3) is 0.385. The molecule has 0 fully saturated rings. The summed E-state index contributed by atoms with van der Waals surface area (Å²) in [6.07, 6.45) is 0.403. The van der Waals surface area contributed by atoms with E-state index in [9.17, 15) is 9.59 Å². The van der Waals surface area contributed by atoms with Crippen molar-refractivity contribution in [2.45, 2.75) is 25.8 Å². The Morgan fingerprint density at radius 1 is 1.29 bits per heavy atom. The van der Waals surface area contributed by atoms with Gasteiger partial charge in [0.05, 0.1) is 7.11 Å². The molecule has 1 aromatic rings. The summed E-state index contributed by atoms with van der Waals surface area (Å²) < 4.78 is 4.73. The molecule has 0 spiro atoms. The van der Waals surface area contributed by atoms with Crippen molar-refractivity contribution in [3.05, 3.63) is 35.9 Å². The molecule has 1 atom stereocenters. The first kappa shape index (κ1) is 13.2. The molecule has 0 aliphatic carbocycles. The van der Waals surface area contributed by atoms with Gasteiger partial charge in [0.1, 0.15) is 5.54 Å². The molecule has 0 radical (unpaired) electrons. The van der Waals surface area contributed by atoms with Gasteiger partial charge >= 0.3 is 5.97 Å². The van der Waals surface area contributed by atoms with Crippen molar-refractivity contribution < 1.29 is 14.3 Å². The highest BCUT2D eigenvalue weighted by atomic mass is 16.5. The average molecular weight is 235 g/mol. The number of carbonyl (C=O) groups is 2. The lowest BCUT2D eigenvalue weighted by atomic mass is 9.92. The van der Waals surface area contributed by atoms with Gasteiger partial charge in [-0.1, -0.05) is 30.3 Å². The van der Waals surface area contributed by atoms with Gasteiger partial charge < -0.3 is 10.1 Å². The quantitative estimate of drug-likeness (QED) is 0.800. The molecule has 0 saturated heterocycles. The average Bonchev–Trinajstić information content (AvgIpc) is 2.28. The van der Waals surface area contributed by atoms with Crippen molar-refractivity contribution in [2.75, 3.05) is 7.11 Å². The highest BCUT2D eigenvalue weighted by molar-refractivity contribution is 5.87. The second-order valence-electron chi connectivity index (χ2n) is 4.17. The number of methoxy groups -OCH3 is 1. The molecule has 1 N–H and O–H groups in total. The molecule has 4 heteroatoms. The smallest absolute Gasteiger partial charge is 0.331 e. The summed E-state index contributed by atoms with van der Waals surface area (Å²) in [7, 11) is 1.31. The maximum absolute atomic E-state index is 11.7. The first-order valence-corrected chi connectivity index (χ1v) is 5.39. The highest BCUT2D eigenvalue weighted by Crippen LogP contribution is 2.15. The fourth-order valence-electron chi connectivity index (χ4n) is 1.79. The van der Waals surface area contributed by atoms with Crippen LogP contribution < -0.4 is 5.32 Å². The van der Waals surface area contributed by atoms with Crippen molar-refractivity contribution in [2.24, 2.45) is 0 Å². The van der Waals surface area contributed by atoms with E-state index in [-0.39, 0.29) is 5.91 Å². The molecule has 0 heterocycles. The van der Waals surface area contributed by atoms with E-state index in [1.807, 2.05) is 30.3 Å². The van der Waals surface area contributed by atoms with E-state index in [0.29, 0.717) is 6.42 Å². The van der Waals surface area contributed by atoms with Crippen LogP contribution in [0.3, 0.4) is 0 Å². The van der Waals surface area contributed by atoms with Crippen LogP contribution in [0.5, 0.6) is 0 Å². The van der Waals surface area contributed by atoms with Gasteiger partial charge in [0.25, 0.3) is 0 Å². The lowest BCUT2D eigenvalue weighted by molar-refractivity contribution is -0.149. The SMILES string of the molecule is COC(=O)C(C)(Cc1ccccc1)NC(C)=O. The second kappa shape index (κ2) is 5.48. The van der Waals surface area contributed by atoms with E-state index in [0.717, 1.165) is 5.56 Å². The molecular weight excluding hydrogens is 218 g/mol. The van der Waals surface area contributed by atoms with Crippen LogP contribution in [-0.4, -0.2) is 24.5 Å². The molecule has 1 rings (SSSR count). The summed E-state index contributed by atoms with van der Waals surface area (Å²) in [5, 5.41) is 2.64. The number of benzene rings is 1. The predicted octanol–water partition coefficient (Wildman–Crippen LogP) is 1.30. The number of hydrogen-bond acceptors (Lipinski definition) is 3. The number of hydrogen-bond donors (Lipinski definition) is 1. The maximum atomic E-state index is 11.7. The Hall–Kier alpha value is -1.84. The van der Waals surface area contributed by atoms with Gasteiger partial charge in [-0.2, -0.15) is 0 Å². The summed E-state index contributed by atoms with van der Waals surface area (Å²) in [6, 6.07) is 9.49. The van der Waals surface area contributed by atoms with E-state index in [1.54, 1.807) is 6.92 Å². The number of esters is 1. The second-order valence-corrected chi connectivity index (χ2v) is 4.17. The third-order valence-corrected chi connectivity index (χ3v) is 2.49. The number of carbonyl (C=O) groups excluding carboxylic acids is 2. The Morgan fingerprint density at radius 2 is 1.88 bits per heavy atom. The molecule has 0 aliphatic heterocycles. The Kier molecular flexibility index (Phi) is 4.26. The van der Waals surface area contributed by atoms with Crippen molar-refractivity contribution in [1.29, 1.82) is 0 Å². The van der Waals surface area contributed by atoms with Crippen LogP contribution in [0, 0.1) is 0 Å². The normalized spacial score (nSPS) is 13.6. The number of nitrogens with one attached hydrogen (secondary N) is 1. The van der Waals surface area contributed by atoms with Gasteiger partial charge in [-0.3, -0.25) is 4.79 Å². The molecule has 1 aromatic carbocycles. The van der Waals surface area contributed by atoms with Crippen molar-refractivity contribution in [3.63, 3.8) is 0 Å². The summed E-state index contributed by atoms with van der Waals surface area (Å²) in [5.41, 5.74) is -0.0591. The van der Waals surface area contributed by atoms with Gasteiger partial charge in [0.15, 0.2) is 0 Å². The van der Waals surface area contributed by atoms with Gasteiger partial charge in [-0.15, -0.1) is 0 Å². The topological polar surface area (TPSA) is 55.4 Å². The largest absolute Gasteiger partial charge is 0.467 e. The minimum atomic E-state index is -1.03. The van der Waals surface area contributed by atoms with Gasteiger partial charge in [-0.05, 0) is 12.5 Å². The zero-order chi connectivity index (χ0) is 12.9. The van der Waals surface area contributed by atoms with E-state index in [4.69, 9.17) is 4.74 Å². The molecule has 0 bridgehead atoms. The Labute approximate surface area is 101 Å². The monoisotopic (exact) mass is 235 g/mol. The van der Waals surface area contributed by atoms with E-state index >= 15 is 0 Å². The van der Waals surface area contributed by atoms with Gasteiger partial charge in [0.2, 0.25) is 5.91 Å². The van der Waals surface area contributed by atoms with Crippen LogP contribution in [0.4, 0.5) is 0 Å². The van der Waals surface area contributed by atoms with E-state index in [1.165, 1.54) is 14.0 Å². The van der Waals surface area contributed by atoms with Crippen LogP contribution in [0.25, 0.3) is 0 Å². The summed E-state index contributed by atoms with van der Waals surface area (Å²) in [6.45, 7) is 3.04. The van der Waals surface area contributed by atoms with E-state index < -0.39 is 11.5 Å². The Bertz CT molecular complexity index is 402. The minimum absolute atomic E-state index is 0.256. The summed E-state index contributed by atoms with van der Waals surface area (Å²) in [5.74, 6) is -0.703. The molecule has 0 saturated carbocycles. The lowest BCUT2D eigenvalue weighted by Crippen LogP contribution is -2.53. The molecule has 1 amide bonds. The van der Waals surface area contributed by atoms with Crippen LogP contribution in [0.15, 0.2) is 30.3 Å². The third kappa shape index (κ3) is 3.59. The predicted molar refractivity (Wildman–Crippen MR) is 64.4 cm³/mol. The van der Waals surface area contributed by atoms with Crippen LogP contribution in [0.2, 0.25) is 0 Å². The maximum Gasteiger partial charge on any atom is 0.331 e. The lowest BCUT2D eigenvalue weighted by Gasteiger charge is -2.27. The van der Waals surface area contributed by atoms with Crippen molar-refractivity contribution in [1.82, 2.24) is 5.32 Å². The summed E-state index contributed by atoms with van der Waals surface area (Å²) in [4.78, 5) is 22.9. The zero-order valence-corrected chi connectivity index (χ0v) is 10.3. The summed E-state index contributed by atoms with van der Waals surface area (Å²) >= 11 is 0. The van der Waals surface area contributed by atoms with Crippen LogP contribution in [0.1, 0.15) is 19.4 Å². The Morgan fingerprint density at radius 3 is 2.35 bits per heavy atom. The van der Waals surface area contributed by atoms with Crippen LogP contribution in [-0.2, 0) is 20.7 Å².